The molecule has 30 heavy (non-hydrogen) atoms. The number of nitrogens with one attached hydrogen (secondary N) is 1. The predicted octanol–water partition coefficient (Wildman–Crippen LogP) is 0.898. The molecule has 9 nitrogen and oxygen atoms in total. The summed E-state index contributed by atoms with van der Waals surface area (Å²) in [5.41, 5.74) is 0.463. The van der Waals surface area contributed by atoms with E-state index in [9.17, 15) is 19.8 Å². The van der Waals surface area contributed by atoms with Crippen LogP contribution >= 0.6 is 11.8 Å². The molecule has 2 aromatic heterocycles. The molecule has 2 heterocycles. The lowest BCUT2D eigenvalue weighted by Crippen LogP contribution is -2.30. The van der Waals surface area contributed by atoms with E-state index in [-0.39, 0.29) is 24.3 Å². The minimum Gasteiger partial charge on any atom is -0.491 e. The van der Waals surface area contributed by atoms with Crippen LogP contribution in [-0.4, -0.2) is 53.9 Å². The summed E-state index contributed by atoms with van der Waals surface area (Å²) >= 11 is 1.25. The highest BCUT2D eigenvalue weighted by Gasteiger charge is 2.20. The number of aliphatic hydroxyl groups is 2. The zero-order valence-electron chi connectivity index (χ0n) is 17.2. The number of aromatic amines is 1. The second-order valence-corrected chi connectivity index (χ2v) is 8.11. The van der Waals surface area contributed by atoms with Crippen molar-refractivity contribution in [1.82, 2.24) is 19.1 Å². The lowest BCUT2D eigenvalue weighted by molar-refractivity contribution is 0.0913. The van der Waals surface area contributed by atoms with Gasteiger partial charge in [-0.1, -0.05) is 30.8 Å². The minimum atomic E-state index is -0.921. The number of nitrogens with zero attached hydrogens (tertiary/aromatic N) is 3. The van der Waals surface area contributed by atoms with Gasteiger partial charge in [-0.25, -0.2) is 9.78 Å². The molecular formula is C20H26N4O5S. The highest BCUT2D eigenvalue weighted by molar-refractivity contribution is 7.99. The molecule has 3 rings (SSSR count). The van der Waals surface area contributed by atoms with E-state index in [0.717, 1.165) is 6.42 Å². The smallest absolute Gasteiger partial charge is 0.329 e. The number of H-pyrrole nitrogens is 1. The maximum Gasteiger partial charge on any atom is 0.329 e. The number of imidazole rings is 1. The SMILES string of the molecule is CCc1ccc(OC[C@H](O)Cn2c(SC[C@H](C)O)nc3c2c(=O)[nH]c(=O)n3C)cc1. The summed E-state index contributed by atoms with van der Waals surface area (Å²) in [6, 6.07) is 7.64. The Kier molecular flexibility index (Phi) is 7.01. The zero-order chi connectivity index (χ0) is 21.8. The van der Waals surface area contributed by atoms with Gasteiger partial charge in [-0.3, -0.25) is 14.3 Å². The summed E-state index contributed by atoms with van der Waals surface area (Å²) in [6.07, 6.45) is -0.568. The number of aromatic nitrogens is 4. The zero-order valence-corrected chi connectivity index (χ0v) is 18.0. The molecule has 10 heteroatoms. The summed E-state index contributed by atoms with van der Waals surface area (Å²) in [7, 11) is 1.51. The highest BCUT2D eigenvalue weighted by Crippen LogP contribution is 2.23. The Morgan fingerprint density at radius 2 is 1.93 bits per heavy atom. The van der Waals surface area contributed by atoms with Crippen molar-refractivity contribution in [1.29, 1.82) is 0 Å². The molecule has 0 spiro atoms. The first-order chi connectivity index (χ1) is 14.3. The Hall–Kier alpha value is -2.56. The van der Waals surface area contributed by atoms with Crippen molar-refractivity contribution < 1.29 is 14.9 Å². The predicted molar refractivity (Wildman–Crippen MR) is 115 cm³/mol. The van der Waals surface area contributed by atoms with E-state index in [1.165, 1.54) is 28.9 Å². The van der Waals surface area contributed by atoms with Crippen LogP contribution in [0.5, 0.6) is 5.75 Å². The number of hydrogen-bond donors (Lipinski definition) is 3. The molecule has 0 saturated heterocycles. The highest BCUT2D eigenvalue weighted by atomic mass is 32.2. The molecule has 0 fully saturated rings. The fourth-order valence-corrected chi connectivity index (χ4v) is 3.83. The van der Waals surface area contributed by atoms with Gasteiger partial charge in [-0.05, 0) is 31.0 Å². The lowest BCUT2D eigenvalue weighted by Gasteiger charge is -2.15. The third-order valence-electron chi connectivity index (χ3n) is 4.59. The van der Waals surface area contributed by atoms with Gasteiger partial charge in [0, 0.05) is 12.8 Å². The number of aryl methyl sites for hydroxylation is 2. The van der Waals surface area contributed by atoms with Crippen molar-refractivity contribution in [3.8, 4) is 5.75 Å². The van der Waals surface area contributed by atoms with Crippen LogP contribution in [0.15, 0.2) is 39.0 Å². The first-order valence-corrected chi connectivity index (χ1v) is 10.7. The molecule has 0 saturated carbocycles. The largest absolute Gasteiger partial charge is 0.491 e. The van der Waals surface area contributed by atoms with E-state index in [1.54, 1.807) is 11.5 Å². The number of ether oxygens (including phenoxy) is 1. The maximum absolute atomic E-state index is 12.4. The van der Waals surface area contributed by atoms with Crippen molar-refractivity contribution >= 4 is 22.9 Å². The molecule has 3 aromatic rings. The number of fused-ring (bicyclic) bond motifs is 1. The molecule has 0 bridgehead atoms. The quantitative estimate of drug-likeness (QED) is 0.428. The molecular weight excluding hydrogens is 408 g/mol. The van der Waals surface area contributed by atoms with Gasteiger partial charge in [-0.15, -0.1) is 0 Å². The van der Waals surface area contributed by atoms with Gasteiger partial charge < -0.3 is 19.5 Å². The van der Waals surface area contributed by atoms with Crippen LogP contribution in [0.25, 0.3) is 11.2 Å². The lowest BCUT2D eigenvalue weighted by atomic mass is 10.2. The molecule has 162 valence electrons. The maximum atomic E-state index is 12.4. The summed E-state index contributed by atoms with van der Waals surface area (Å²) in [5.74, 6) is 0.997. The van der Waals surface area contributed by atoms with E-state index in [1.807, 2.05) is 24.3 Å². The van der Waals surface area contributed by atoms with Gasteiger partial charge in [0.2, 0.25) is 0 Å². The molecule has 0 aliphatic heterocycles. The van der Waals surface area contributed by atoms with E-state index >= 15 is 0 Å². The van der Waals surface area contributed by atoms with Crippen LogP contribution in [0.1, 0.15) is 19.4 Å². The third-order valence-corrected chi connectivity index (χ3v) is 5.81. The number of aliphatic hydroxyl groups excluding tert-OH is 2. The molecule has 0 aliphatic carbocycles. The first-order valence-electron chi connectivity index (χ1n) is 9.70. The van der Waals surface area contributed by atoms with E-state index < -0.39 is 23.5 Å². The van der Waals surface area contributed by atoms with Gasteiger partial charge in [0.15, 0.2) is 16.3 Å². The Bertz CT molecular complexity index is 1120. The second kappa shape index (κ2) is 9.50. The Morgan fingerprint density at radius 1 is 1.23 bits per heavy atom. The monoisotopic (exact) mass is 434 g/mol. The molecule has 3 N–H and O–H groups in total. The van der Waals surface area contributed by atoms with Crippen LogP contribution in [0, 0.1) is 0 Å². The van der Waals surface area contributed by atoms with Gasteiger partial charge in [0.05, 0.1) is 12.6 Å². The van der Waals surface area contributed by atoms with Crippen molar-refractivity contribution in [3.63, 3.8) is 0 Å². The van der Waals surface area contributed by atoms with Crippen LogP contribution < -0.4 is 16.0 Å². The number of benzene rings is 1. The Balaban J connectivity index is 1.85. The minimum absolute atomic E-state index is 0.0231. The average Bonchev–Trinajstić information content (AvgIpc) is 3.08. The average molecular weight is 435 g/mol. The summed E-state index contributed by atoms with van der Waals surface area (Å²) < 4.78 is 8.48. The summed E-state index contributed by atoms with van der Waals surface area (Å²) in [4.78, 5) is 31.0. The molecule has 2 atom stereocenters. The molecule has 0 amide bonds. The Labute approximate surface area is 177 Å². The summed E-state index contributed by atoms with van der Waals surface area (Å²) in [5, 5.41) is 20.6. The molecule has 0 radical (unpaired) electrons. The normalized spacial score (nSPS) is 13.5. The van der Waals surface area contributed by atoms with Crippen molar-refractivity contribution in [2.24, 2.45) is 7.05 Å². The fourth-order valence-electron chi connectivity index (χ4n) is 2.97. The molecule has 1 aromatic carbocycles. The first kappa shape index (κ1) is 22.1. The van der Waals surface area contributed by atoms with Gasteiger partial charge >= 0.3 is 5.69 Å². The van der Waals surface area contributed by atoms with Crippen molar-refractivity contribution in [2.45, 2.75) is 44.2 Å². The van der Waals surface area contributed by atoms with E-state index in [4.69, 9.17) is 4.74 Å². The Morgan fingerprint density at radius 3 is 2.57 bits per heavy atom. The molecule has 0 unspecified atom stereocenters. The number of thioether (sulfide) groups is 1. The van der Waals surface area contributed by atoms with Gasteiger partial charge in [-0.2, -0.15) is 0 Å². The third kappa shape index (κ3) is 4.94. The van der Waals surface area contributed by atoms with Gasteiger partial charge in [0.1, 0.15) is 18.5 Å². The van der Waals surface area contributed by atoms with E-state index in [0.29, 0.717) is 16.7 Å². The standard InChI is InChI=1S/C20H26N4O5S/c1-4-13-5-7-15(8-6-13)29-10-14(26)9-24-16-17(21-20(24)30-11-12(2)25)23(3)19(28)22-18(16)27/h5-8,12,14,25-26H,4,9-11H2,1-3H3,(H,22,27,28)/t12-,14+/m0/s1. The van der Waals surface area contributed by atoms with Crippen LogP contribution in [0.2, 0.25) is 0 Å². The topological polar surface area (TPSA) is 122 Å². The van der Waals surface area contributed by atoms with Crippen molar-refractivity contribution in [3.05, 3.63) is 50.7 Å². The van der Waals surface area contributed by atoms with Crippen LogP contribution in [0.3, 0.4) is 0 Å². The fraction of sp³-hybridized carbons (Fsp3) is 0.450. The van der Waals surface area contributed by atoms with Crippen LogP contribution in [-0.2, 0) is 20.0 Å². The van der Waals surface area contributed by atoms with Crippen molar-refractivity contribution in [2.75, 3.05) is 12.4 Å². The molecule has 0 aliphatic rings. The van der Waals surface area contributed by atoms with Crippen LogP contribution in [0.4, 0.5) is 0 Å². The van der Waals surface area contributed by atoms with E-state index in [2.05, 4.69) is 16.9 Å². The summed E-state index contributed by atoms with van der Waals surface area (Å²) in [6.45, 7) is 3.79. The number of rotatable bonds is 9. The van der Waals surface area contributed by atoms with Gasteiger partial charge in [0.25, 0.3) is 5.56 Å². The number of hydrogen-bond acceptors (Lipinski definition) is 7. The second-order valence-electron chi connectivity index (χ2n) is 7.12.